The molecule has 0 fully saturated rings. The smallest absolute Gasteiger partial charge is 0.0469 e. The molecule has 1 atom stereocenters. The van der Waals surface area contributed by atoms with E-state index in [4.69, 9.17) is 4.74 Å². The Hall–Kier alpha value is -0.860. The lowest BCUT2D eigenvalue weighted by Crippen LogP contribution is -2.22. The molecule has 0 aromatic heterocycles. The Balaban J connectivity index is 2.33. The molecule has 1 rings (SSSR count). The first-order valence-corrected chi connectivity index (χ1v) is 7.54. The normalized spacial score (nSPS) is 12.6. The van der Waals surface area contributed by atoms with Crippen molar-refractivity contribution in [3.63, 3.8) is 0 Å². The van der Waals surface area contributed by atoms with Gasteiger partial charge in [0.15, 0.2) is 0 Å². The first kappa shape index (κ1) is 16.2. The monoisotopic (exact) mass is 263 g/mol. The SMILES string of the molecule is CCCCOCCC(CNC)Cc1ccc(C)cc1. The Kier molecular flexibility index (Phi) is 8.52. The average Bonchev–Trinajstić information content (AvgIpc) is 2.41. The molecule has 0 aliphatic heterocycles. The summed E-state index contributed by atoms with van der Waals surface area (Å²) in [4.78, 5) is 0. The molecule has 1 aromatic carbocycles. The third-order valence-corrected chi connectivity index (χ3v) is 3.45. The van der Waals surface area contributed by atoms with Crippen molar-refractivity contribution in [2.24, 2.45) is 5.92 Å². The number of ether oxygens (including phenoxy) is 1. The van der Waals surface area contributed by atoms with Crippen LogP contribution in [0.15, 0.2) is 24.3 Å². The standard InChI is InChI=1S/C17H29NO/c1-4-5-11-19-12-10-17(14-18-3)13-16-8-6-15(2)7-9-16/h6-9,17-18H,4-5,10-14H2,1-3H3. The first-order chi connectivity index (χ1) is 9.26. The highest BCUT2D eigenvalue weighted by molar-refractivity contribution is 5.21. The van der Waals surface area contributed by atoms with Crippen LogP contribution < -0.4 is 5.32 Å². The molecule has 2 nitrogen and oxygen atoms in total. The lowest BCUT2D eigenvalue weighted by molar-refractivity contribution is 0.117. The van der Waals surface area contributed by atoms with Gasteiger partial charge in [0, 0.05) is 13.2 Å². The first-order valence-electron chi connectivity index (χ1n) is 7.54. The Morgan fingerprint density at radius 1 is 1.16 bits per heavy atom. The van der Waals surface area contributed by atoms with Crippen molar-refractivity contribution in [2.45, 2.75) is 39.5 Å². The van der Waals surface area contributed by atoms with Crippen LogP contribution in [-0.4, -0.2) is 26.8 Å². The van der Waals surface area contributed by atoms with E-state index >= 15 is 0 Å². The summed E-state index contributed by atoms with van der Waals surface area (Å²) in [5, 5.41) is 3.30. The van der Waals surface area contributed by atoms with Crippen LogP contribution in [0, 0.1) is 12.8 Å². The molecule has 108 valence electrons. The summed E-state index contributed by atoms with van der Waals surface area (Å²) in [5.41, 5.74) is 2.76. The summed E-state index contributed by atoms with van der Waals surface area (Å²) in [6, 6.07) is 8.89. The van der Waals surface area contributed by atoms with Gasteiger partial charge in [-0.3, -0.25) is 0 Å². The van der Waals surface area contributed by atoms with Crippen LogP contribution in [0.2, 0.25) is 0 Å². The fourth-order valence-electron chi connectivity index (χ4n) is 2.22. The zero-order valence-corrected chi connectivity index (χ0v) is 12.7. The van der Waals surface area contributed by atoms with Crippen molar-refractivity contribution in [3.8, 4) is 0 Å². The summed E-state index contributed by atoms with van der Waals surface area (Å²) >= 11 is 0. The van der Waals surface area contributed by atoms with E-state index in [1.807, 2.05) is 7.05 Å². The zero-order valence-electron chi connectivity index (χ0n) is 12.7. The van der Waals surface area contributed by atoms with E-state index in [1.165, 1.54) is 24.0 Å². The molecule has 0 saturated heterocycles. The van der Waals surface area contributed by atoms with Gasteiger partial charge in [0.25, 0.3) is 0 Å². The van der Waals surface area contributed by atoms with E-state index in [1.54, 1.807) is 0 Å². The van der Waals surface area contributed by atoms with Gasteiger partial charge in [0.1, 0.15) is 0 Å². The summed E-state index contributed by atoms with van der Waals surface area (Å²) in [6.07, 6.45) is 4.66. The summed E-state index contributed by atoms with van der Waals surface area (Å²) in [7, 11) is 2.03. The molecule has 1 aromatic rings. The molecule has 0 aliphatic rings. The third kappa shape index (κ3) is 7.34. The second kappa shape index (κ2) is 9.99. The molecule has 0 saturated carbocycles. The van der Waals surface area contributed by atoms with Crippen LogP contribution in [0.25, 0.3) is 0 Å². The summed E-state index contributed by atoms with van der Waals surface area (Å²) in [5.74, 6) is 0.661. The summed E-state index contributed by atoms with van der Waals surface area (Å²) < 4.78 is 5.68. The fraction of sp³-hybridized carbons (Fsp3) is 0.647. The predicted octanol–water partition coefficient (Wildman–Crippen LogP) is 3.58. The second-order valence-electron chi connectivity index (χ2n) is 5.37. The fourth-order valence-corrected chi connectivity index (χ4v) is 2.22. The molecular formula is C17H29NO. The molecule has 0 radical (unpaired) electrons. The van der Waals surface area contributed by atoms with E-state index in [-0.39, 0.29) is 0 Å². The van der Waals surface area contributed by atoms with Crippen LogP contribution in [-0.2, 0) is 11.2 Å². The van der Waals surface area contributed by atoms with Crippen molar-refractivity contribution in [2.75, 3.05) is 26.8 Å². The van der Waals surface area contributed by atoms with Crippen LogP contribution in [0.4, 0.5) is 0 Å². The molecule has 0 spiro atoms. The van der Waals surface area contributed by atoms with Gasteiger partial charge in [-0.1, -0.05) is 43.2 Å². The Morgan fingerprint density at radius 3 is 2.53 bits per heavy atom. The van der Waals surface area contributed by atoms with E-state index in [0.717, 1.165) is 32.6 Å². The lowest BCUT2D eigenvalue weighted by atomic mass is 9.96. The third-order valence-electron chi connectivity index (χ3n) is 3.45. The maximum atomic E-state index is 5.68. The van der Waals surface area contributed by atoms with Gasteiger partial charge in [-0.15, -0.1) is 0 Å². The molecule has 0 aliphatic carbocycles. The van der Waals surface area contributed by atoms with Gasteiger partial charge in [-0.2, -0.15) is 0 Å². The molecule has 0 heterocycles. The minimum atomic E-state index is 0.661. The Labute approximate surface area is 118 Å². The second-order valence-corrected chi connectivity index (χ2v) is 5.37. The molecular weight excluding hydrogens is 234 g/mol. The van der Waals surface area contributed by atoms with Crippen molar-refractivity contribution in [3.05, 3.63) is 35.4 Å². The van der Waals surface area contributed by atoms with Gasteiger partial charge >= 0.3 is 0 Å². The van der Waals surface area contributed by atoms with Gasteiger partial charge in [-0.25, -0.2) is 0 Å². The van der Waals surface area contributed by atoms with Gasteiger partial charge in [0.2, 0.25) is 0 Å². The number of nitrogens with one attached hydrogen (secondary N) is 1. The highest BCUT2D eigenvalue weighted by Crippen LogP contribution is 2.13. The molecule has 0 bridgehead atoms. The molecule has 1 unspecified atom stereocenters. The van der Waals surface area contributed by atoms with Crippen molar-refractivity contribution in [1.29, 1.82) is 0 Å². The quantitative estimate of drug-likeness (QED) is 0.651. The van der Waals surface area contributed by atoms with Crippen LogP contribution >= 0.6 is 0 Å². The minimum Gasteiger partial charge on any atom is -0.381 e. The van der Waals surface area contributed by atoms with Crippen LogP contribution in [0.5, 0.6) is 0 Å². The molecule has 1 N–H and O–H groups in total. The Bertz CT molecular complexity index is 321. The van der Waals surface area contributed by atoms with Gasteiger partial charge < -0.3 is 10.1 Å². The number of hydrogen-bond acceptors (Lipinski definition) is 2. The van der Waals surface area contributed by atoms with Crippen molar-refractivity contribution < 1.29 is 4.74 Å². The molecule has 19 heavy (non-hydrogen) atoms. The van der Waals surface area contributed by atoms with Crippen LogP contribution in [0.3, 0.4) is 0 Å². The average molecular weight is 263 g/mol. The van der Waals surface area contributed by atoms with E-state index in [2.05, 4.69) is 43.4 Å². The largest absolute Gasteiger partial charge is 0.381 e. The molecule has 0 amide bonds. The number of unbranched alkanes of at least 4 members (excludes halogenated alkanes) is 1. The number of benzene rings is 1. The van der Waals surface area contributed by atoms with Crippen LogP contribution in [0.1, 0.15) is 37.3 Å². The topological polar surface area (TPSA) is 21.3 Å². The summed E-state index contributed by atoms with van der Waals surface area (Å²) in [6.45, 7) is 7.19. The van der Waals surface area contributed by atoms with E-state index < -0.39 is 0 Å². The van der Waals surface area contributed by atoms with E-state index in [0.29, 0.717) is 5.92 Å². The van der Waals surface area contributed by atoms with Gasteiger partial charge in [-0.05, 0) is 51.3 Å². The highest BCUT2D eigenvalue weighted by Gasteiger charge is 2.09. The lowest BCUT2D eigenvalue weighted by Gasteiger charge is -2.17. The van der Waals surface area contributed by atoms with Crippen molar-refractivity contribution >= 4 is 0 Å². The maximum Gasteiger partial charge on any atom is 0.0469 e. The van der Waals surface area contributed by atoms with Gasteiger partial charge in [0.05, 0.1) is 0 Å². The zero-order chi connectivity index (χ0) is 13.9. The minimum absolute atomic E-state index is 0.661. The Morgan fingerprint density at radius 2 is 1.89 bits per heavy atom. The number of aryl methyl sites for hydroxylation is 1. The number of rotatable bonds is 10. The highest BCUT2D eigenvalue weighted by atomic mass is 16.5. The van der Waals surface area contributed by atoms with E-state index in [9.17, 15) is 0 Å². The predicted molar refractivity (Wildman–Crippen MR) is 82.6 cm³/mol. The molecule has 2 heteroatoms. The van der Waals surface area contributed by atoms with Crippen molar-refractivity contribution in [1.82, 2.24) is 5.32 Å². The number of hydrogen-bond donors (Lipinski definition) is 1. The maximum absolute atomic E-state index is 5.68.